The Bertz CT molecular complexity index is 746. The maximum absolute atomic E-state index is 12.6. The number of halogens is 1. The number of amides is 1. The van der Waals surface area contributed by atoms with Crippen molar-refractivity contribution in [3.8, 4) is 5.88 Å². The summed E-state index contributed by atoms with van der Waals surface area (Å²) >= 11 is 6.16. The minimum atomic E-state index is -0.0438. The predicted molar refractivity (Wildman–Crippen MR) is 96.9 cm³/mol. The smallest absolute Gasteiger partial charge is 0.227 e. The fourth-order valence-electron chi connectivity index (χ4n) is 3.09. The van der Waals surface area contributed by atoms with Crippen molar-refractivity contribution in [3.05, 3.63) is 52.4 Å². The molecule has 1 aliphatic heterocycles. The summed E-state index contributed by atoms with van der Waals surface area (Å²) < 4.78 is 6.00. The number of likely N-dealkylation sites (tertiary alicyclic amines) is 1. The van der Waals surface area contributed by atoms with Crippen LogP contribution in [0.3, 0.4) is 0 Å². The molecule has 132 valence electrons. The number of benzene rings is 1. The molecular formula is C19H22ClN3O2. The normalized spacial score (nSPS) is 17.4. The van der Waals surface area contributed by atoms with Crippen LogP contribution in [0, 0.1) is 13.8 Å². The lowest BCUT2D eigenvalue weighted by Crippen LogP contribution is -2.45. The molecule has 0 radical (unpaired) electrons. The molecule has 0 unspecified atom stereocenters. The number of aromatic nitrogens is 2. The fourth-order valence-corrected chi connectivity index (χ4v) is 3.29. The molecule has 5 nitrogen and oxygen atoms in total. The van der Waals surface area contributed by atoms with Crippen LogP contribution in [0.5, 0.6) is 5.88 Å². The number of nitrogens with zero attached hydrogens (tertiary/aromatic N) is 3. The zero-order valence-corrected chi connectivity index (χ0v) is 15.3. The van der Waals surface area contributed by atoms with Crippen LogP contribution < -0.4 is 4.74 Å². The highest BCUT2D eigenvalue weighted by Gasteiger charge is 2.25. The monoisotopic (exact) mass is 359 g/mol. The molecule has 3 rings (SSSR count). The van der Waals surface area contributed by atoms with Gasteiger partial charge < -0.3 is 9.64 Å². The second kappa shape index (κ2) is 7.83. The van der Waals surface area contributed by atoms with Crippen LogP contribution in [0.2, 0.25) is 5.02 Å². The number of carbonyl (C=O) groups is 1. The first-order valence-electron chi connectivity index (χ1n) is 8.51. The molecule has 0 N–H and O–H groups in total. The Kier molecular flexibility index (Phi) is 5.53. The molecule has 1 saturated heterocycles. The van der Waals surface area contributed by atoms with E-state index in [1.165, 1.54) is 0 Å². The lowest BCUT2D eigenvalue weighted by atomic mass is 10.1. The number of hydrogen-bond donors (Lipinski definition) is 0. The highest BCUT2D eigenvalue weighted by molar-refractivity contribution is 6.31. The Morgan fingerprint density at radius 1 is 1.32 bits per heavy atom. The SMILES string of the molecule is Cc1cc(O[C@@H]2CCCN(C(=O)Cc3ccccc3Cl)C2)nc(C)n1. The molecular weight excluding hydrogens is 338 g/mol. The van der Waals surface area contributed by atoms with E-state index < -0.39 is 0 Å². The Balaban J connectivity index is 1.62. The molecule has 0 bridgehead atoms. The molecule has 1 atom stereocenters. The Labute approximate surface area is 153 Å². The van der Waals surface area contributed by atoms with Gasteiger partial charge in [0.25, 0.3) is 0 Å². The summed E-state index contributed by atoms with van der Waals surface area (Å²) in [6.45, 7) is 5.10. The van der Waals surface area contributed by atoms with Crippen LogP contribution in [-0.4, -0.2) is 40.0 Å². The summed E-state index contributed by atoms with van der Waals surface area (Å²) in [6.07, 6.45) is 2.11. The third kappa shape index (κ3) is 4.69. The fraction of sp³-hybridized carbons (Fsp3) is 0.421. The van der Waals surface area contributed by atoms with Crippen LogP contribution in [0.4, 0.5) is 0 Å². The lowest BCUT2D eigenvalue weighted by molar-refractivity contribution is -0.133. The van der Waals surface area contributed by atoms with E-state index in [1.807, 2.05) is 49.1 Å². The summed E-state index contributed by atoms with van der Waals surface area (Å²) in [5, 5.41) is 0.632. The summed E-state index contributed by atoms with van der Waals surface area (Å²) in [6, 6.07) is 9.30. The first-order valence-corrected chi connectivity index (χ1v) is 8.89. The second-order valence-electron chi connectivity index (χ2n) is 6.38. The van der Waals surface area contributed by atoms with Crippen LogP contribution >= 0.6 is 11.6 Å². The number of hydrogen-bond acceptors (Lipinski definition) is 4. The van der Waals surface area contributed by atoms with Gasteiger partial charge in [-0.25, -0.2) is 4.98 Å². The van der Waals surface area contributed by atoms with Gasteiger partial charge in [0.05, 0.1) is 13.0 Å². The molecule has 2 aromatic rings. The van der Waals surface area contributed by atoms with Crippen molar-refractivity contribution in [2.45, 2.75) is 39.2 Å². The average molecular weight is 360 g/mol. The second-order valence-corrected chi connectivity index (χ2v) is 6.79. The van der Waals surface area contributed by atoms with Gasteiger partial charge in [-0.15, -0.1) is 0 Å². The van der Waals surface area contributed by atoms with Crippen LogP contribution in [0.25, 0.3) is 0 Å². The van der Waals surface area contributed by atoms with Gasteiger partial charge in [-0.05, 0) is 38.3 Å². The van der Waals surface area contributed by atoms with Gasteiger partial charge in [0, 0.05) is 23.3 Å². The standard InChI is InChI=1S/C19H22ClN3O2/c1-13-10-18(22-14(2)21-13)25-16-7-5-9-23(12-16)19(24)11-15-6-3-4-8-17(15)20/h3-4,6,8,10,16H,5,7,9,11-12H2,1-2H3/t16-/m1/s1. The number of carbonyl (C=O) groups excluding carboxylic acids is 1. The molecule has 1 aliphatic rings. The maximum Gasteiger partial charge on any atom is 0.227 e. The van der Waals surface area contributed by atoms with E-state index in [-0.39, 0.29) is 12.0 Å². The Morgan fingerprint density at radius 2 is 2.12 bits per heavy atom. The zero-order valence-electron chi connectivity index (χ0n) is 14.5. The summed E-state index contributed by atoms with van der Waals surface area (Å²) in [5.74, 6) is 1.35. The van der Waals surface area contributed by atoms with E-state index in [9.17, 15) is 4.79 Å². The summed E-state index contributed by atoms with van der Waals surface area (Å²) in [4.78, 5) is 23.1. The van der Waals surface area contributed by atoms with Gasteiger partial charge in [0.2, 0.25) is 11.8 Å². The quantitative estimate of drug-likeness (QED) is 0.840. The molecule has 0 spiro atoms. The van der Waals surface area contributed by atoms with Gasteiger partial charge in [-0.2, -0.15) is 4.98 Å². The average Bonchev–Trinajstić information content (AvgIpc) is 2.56. The van der Waals surface area contributed by atoms with Crippen LogP contribution in [0.15, 0.2) is 30.3 Å². The first-order chi connectivity index (χ1) is 12.0. The van der Waals surface area contributed by atoms with E-state index in [4.69, 9.17) is 16.3 Å². The van der Waals surface area contributed by atoms with Crippen molar-refractivity contribution in [3.63, 3.8) is 0 Å². The molecule has 1 aromatic heterocycles. The number of ether oxygens (including phenoxy) is 1. The Hall–Kier alpha value is -2.14. The Morgan fingerprint density at radius 3 is 2.88 bits per heavy atom. The summed E-state index contributed by atoms with van der Waals surface area (Å²) in [5.41, 5.74) is 1.74. The van der Waals surface area contributed by atoms with Gasteiger partial charge in [-0.3, -0.25) is 4.79 Å². The molecule has 0 saturated carbocycles. The topological polar surface area (TPSA) is 55.3 Å². The van der Waals surface area contributed by atoms with Crippen molar-refractivity contribution < 1.29 is 9.53 Å². The number of rotatable bonds is 4. The van der Waals surface area contributed by atoms with Crippen LogP contribution in [0.1, 0.15) is 29.9 Å². The van der Waals surface area contributed by atoms with E-state index in [2.05, 4.69) is 9.97 Å². The van der Waals surface area contributed by atoms with Gasteiger partial charge in [-0.1, -0.05) is 29.8 Å². The van der Waals surface area contributed by atoms with Crippen molar-refractivity contribution >= 4 is 17.5 Å². The van der Waals surface area contributed by atoms with Crippen LogP contribution in [-0.2, 0) is 11.2 Å². The van der Waals surface area contributed by atoms with Gasteiger partial charge >= 0.3 is 0 Å². The first kappa shape index (κ1) is 17.7. The minimum absolute atomic E-state index is 0.0438. The largest absolute Gasteiger partial charge is 0.472 e. The van der Waals surface area contributed by atoms with E-state index >= 15 is 0 Å². The van der Waals surface area contributed by atoms with Crippen molar-refractivity contribution in [1.82, 2.24) is 14.9 Å². The maximum atomic E-state index is 12.6. The number of aryl methyl sites for hydroxylation is 2. The summed E-state index contributed by atoms with van der Waals surface area (Å²) in [7, 11) is 0. The molecule has 1 fully saturated rings. The van der Waals surface area contributed by atoms with Crippen molar-refractivity contribution in [2.24, 2.45) is 0 Å². The number of piperidine rings is 1. The lowest BCUT2D eigenvalue weighted by Gasteiger charge is -2.32. The molecule has 0 aliphatic carbocycles. The van der Waals surface area contributed by atoms with Crippen molar-refractivity contribution in [1.29, 1.82) is 0 Å². The minimum Gasteiger partial charge on any atom is -0.472 e. The molecule has 1 aromatic carbocycles. The molecule has 2 heterocycles. The predicted octanol–water partition coefficient (Wildman–Crippen LogP) is 3.36. The molecule has 6 heteroatoms. The van der Waals surface area contributed by atoms with E-state index in [1.54, 1.807) is 0 Å². The zero-order chi connectivity index (χ0) is 17.8. The van der Waals surface area contributed by atoms with Gasteiger partial charge in [0.15, 0.2) is 0 Å². The highest BCUT2D eigenvalue weighted by atomic mass is 35.5. The van der Waals surface area contributed by atoms with Crippen molar-refractivity contribution in [2.75, 3.05) is 13.1 Å². The third-order valence-corrected chi connectivity index (χ3v) is 4.63. The van der Waals surface area contributed by atoms with E-state index in [0.29, 0.717) is 29.7 Å². The highest BCUT2D eigenvalue weighted by Crippen LogP contribution is 2.20. The van der Waals surface area contributed by atoms with E-state index in [0.717, 1.165) is 30.6 Å². The van der Waals surface area contributed by atoms with Gasteiger partial charge in [0.1, 0.15) is 11.9 Å². The molecule has 25 heavy (non-hydrogen) atoms. The third-order valence-electron chi connectivity index (χ3n) is 4.26. The molecule has 1 amide bonds.